The highest BCUT2D eigenvalue weighted by Crippen LogP contribution is 2.51. The number of ether oxygens (including phenoxy) is 2. The van der Waals surface area contributed by atoms with E-state index in [1.807, 2.05) is 12.1 Å². The molecule has 2 aliphatic rings. The van der Waals surface area contributed by atoms with E-state index in [0.717, 1.165) is 42.4 Å². The van der Waals surface area contributed by atoms with Crippen LogP contribution in [0.15, 0.2) is 29.8 Å². The smallest absolute Gasteiger partial charge is 0.327 e. The fourth-order valence-electron chi connectivity index (χ4n) is 3.93. The molecule has 1 aromatic carbocycles. The zero-order valence-electron chi connectivity index (χ0n) is 13.0. The Hall–Kier alpha value is -2.10. The molecule has 0 radical (unpaired) electrons. The van der Waals surface area contributed by atoms with E-state index in [-0.39, 0.29) is 0 Å². The molecule has 116 valence electrons. The van der Waals surface area contributed by atoms with Crippen molar-refractivity contribution in [3.63, 3.8) is 0 Å². The number of aryl methyl sites for hydroxylation is 1. The number of esters is 2. The summed E-state index contributed by atoms with van der Waals surface area (Å²) in [5, 5.41) is 0. The minimum Gasteiger partial charge on any atom is -0.468 e. The molecule has 0 spiro atoms. The molecule has 0 bridgehead atoms. The number of rotatable bonds is 2. The molecule has 1 aromatic rings. The van der Waals surface area contributed by atoms with Crippen molar-refractivity contribution in [3.05, 3.63) is 41.0 Å². The Morgan fingerprint density at radius 2 is 1.68 bits per heavy atom. The SMILES string of the molecule is COC(=O)C1(C(=O)OC)CCC/C1=C1\CCc2ccccc21. The molecule has 0 saturated heterocycles. The van der Waals surface area contributed by atoms with Crippen LogP contribution in [0.5, 0.6) is 0 Å². The van der Waals surface area contributed by atoms with Crippen molar-refractivity contribution >= 4 is 17.5 Å². The summed E-state index contributed by atoms with van der Waals surface area (Å²) in [6.45, 7) is 0. The van der Waals surface area contributed by atoms with Crippen LogP contribution in [0.4, 0.5) is 0 Å². The standard InChI is InChI=1S/C18H20O4/c1-21-16(19)18(17(20)22-2)11-5-8-15(18)14-10-9-12-6-3-4-7-13(12)14/h3-4,6-7H,5,8-11H2,1-2H3/b15-14-. The summed E-state index contributed by atoms with van der Waals surface area (Å²) < 4.78 is 9.93. The highest BCUT2D eigenvalue weighted by Gasteiger charge is 2.55. The van der Waals surface area contributed by atoms with Gasteiger partial charge in [0.1, 0.15) is 0 Å². The maximum atomic E-state index is 12.5. The predicted octanol–water partition coefficient (Wildman–Crippen LogP) is 2.90. The van der Waals surface area contributed by atoms with Crippen LogP contribution >= 0.6 is 0 Å². The number of carbonyl (C=O) groups is 2. The van der Waals surface area contributed by atoms with E-state index in [4.69, 9.17) is 9.47 Å². The van der Waals surface area contributed by atoms with Gasteiger partial charge in [0.15, 0.2) is 5.41 Å². The third-order valence-corrected chi connectivity index (χ3v) is 4.91. The molecular formula is C18H20O4. The van der Waals surface area contributed by atoms with E-state index >= 15 is 0 Å². The number of allylic oxidation sites excluding steroid dienone is 1. The fourth-order valence-corrected chi connectivity index (χ4v) is 3.93. The van der Waals surface area contributed by atoms with Gasteiger partial charge in [-0.05, 0) is 54.4 Å². The van der Waals surface area contributed by atoms with Gasteiger partial charge in [-0.3, -0.25) is 9.59 Å². The molecule has 0 aromatic heterocycles. The summed E-state index contributed by atoms with van der Waals surface area (Å²) in [4.78, 5) is 24.9. The quantitative estimate of drug-likeness (QED) is 0.622. The highest BCUT2D eigenvalue weighted by atomic mass is 16.5. The van der Waals surface area contributed by atoms with Crippen molar-refractivity contribution in [3.8, 4) is 0 Å². The van der Waals surface area contributed by atoms with Crippen LogP contribution < -0.4 is 0 Å². The second-order valence-corrected chi connectivity index (χ2v) is 5.86. The van der Waals surface area contributed by atoms with Crippen LogP contribution in [0.2, 0.25) is 0 Å². The number of hydrogen-bond donors (Lipinski definition) is 0. The first kappa shape index (κ1) is 14.8. The van der Waals surface area contributed by atoms with Gasteiger partial charge in [-0.2, -0.15) is 0 Å². The van der Waals surface area contributed by atoms with E-state index in [1.54, 1.807) is 0 Å². The van der Waals surface area contributed by atoms with Gasteiger partial charge in [0.2, 0.25) is 0 Å². The Morgan fingerprint density at radius 3 is 2.36 bits per heavy atom. The molecule has 22 heavy (non-hydrogen) atoms. The van der Waals surface area contributed by atoms with Gasteiger partial charge < -0.3 is 9.47 Å². The van der Waals surface area contributed by atoms with Gasteiger partial charge >= 0.3 is 11.9 Å². The first-order chi connectivity index (χ1) is 10.6. The third kappa shape index (κ3) is 1.97. The van der Waals surface area contributed by atoms with Crippen molar-refractivity contribution in [2.45, 2.75) is 32.1 Å². The van der Waals surface area contributed by atoms with E-state index in [0.29, 0.717) is 6.42 Å². The lowest BCUT2D eigenvalue weighted by atomic mass is 9.78. The van der Waals surface area contributed by atoms with Crippen LogP contribution in [-0.4, -0.2) is 26.2 Å². The van der Waals surface area contributed by atoms with Gasteiger partial charge in [-0.15, -0.1) is 0 Å². The molecule has 4 heteroatoms. The number of fused-ring (bicyclic) bond motifs is 1. The monoisotopic (exact) mass is 300 g/mol. The zero-order valence-corrected chi connectivity index (χ0v) is 13.0. The Labute approximate surface area is 130 Å². The molecule has 0 atom stereocenters. The summed E-state index contributed by atoms with van der Waals surface area (Å²) in [6, 6.07) is 8.20. The van der Waals surface area contributed by atoms with Gasteiger partial charge in [-0.25, -0.2) is 0 Å². The molecule has 2 aliphatic carbocycles. The number of carbonyl (C=O) groups excluding carboxylic acids is 2. The van der Waals surface area contributed by atoms with E-state index in [2.05, 4.69) is 12.1 Å². The summed E-state index contributed by atoms with van der Waals surface area (Å²) in [7, 11) is 2.66. The lowest BCUT2D eigenvalue weighted by Crippen LogP contribution is -2.40. The number of benzene rings is 1. The molecule has 0 N–H and O–H groups in total. The van der Waals surface area contributed by atoms with Crippen LogP contribution in [-0.2, 0) is 25.5 Å². The summed E-state index contributed by atoms with van der Waals surface area (Å²) >= 11 is 0. The maximum absolute atomic E-state index is 12.5. The minimum atomic E-state index is -1.25. The van der Waals surface area contributed by atoms with E-state index in [9.17, 15) is 9.59 Å². The Bertz CT molecular complexity index is 641. The van der Waals surface area contributed by atoms with Crippen LogP contribution in [0.3, 0.4) is 0 Å². The first-order valence-electron chi connectivity index (χ1n) is 7.62. The zero-order chi connectivity index (χ0) is 15.7. The van der Waals surface area contributed by atoms with E-state index < -0.39 is 17.4 Å². The Balaban J connectivity index is 2.19. The molecule has 4 nitrogen and oxygen atoms in total. The predicted molar refractivity (Wildman–Crippen MR) is 82.0 cm³/mol. The lowest BCUT2D eigenvalue weighted by molar-refractivity contribution is -0.165. The lowest BCUT2D eigenvalue weighted by Gasteiger charge is -2.26. The van der Waals surface area contributed by atoms with Gasteiger partial charge in [-0.1, -0.05) is 24.3 Å². The molecule has 0 aliphatic heterocycles. The van der Waals surface area contributed by atoms with Crippen molar-refractivity contribution in [2.75, 3.05) is 14.2 Å². The molecule has 0 heterocycles. The maximum Gasteiger partial charge on any atom is 0.327 e. The first-order valence-corrected chi connectivity index (χ1v) is 7.62. The topological polar surface area (TPSA) is 52.6 Å². The molecule has 1 saturated carbocycles. The summed E-state index contributed by atoms with van der Waals surface area (Å²) in [6.07, 6.45) is 3.82. The van der Waals surface area contributed by atoms with Crippen molar-refractivity contribution < 1.29 is 19.1 Å². The number of methoxy groups -OCH3 is 2. The second kappa shape index (κ2) is 5.59. The van der Waals surface area contributed by atoms with Crippen molar-refractivity contribution in [1.82, 2.24) is 0 Å². The van der Waals surface area contributed by atoms with Crippen molar-refractivity contribution in [1.29, 1.82) is 0 Å². The highest BCUT2D eigenvalue weighted by molar-refractivity contribution is 6.06. The summed E-state index contributed by atoms with van der Waals surface area (Å²) in [5.74, 6) is -0.993. The van der Waals surface area contributed by atoms with E-state index in [1.165, 1.54) is 19.8 Å². The Morgan fingerprint density at radius 1 is 1.00 bits per heavy atom. The second-order valence-electron chi connectivity index (χ2n) is 5.86. The van der Waals surface area contributed by atoms with Crippen molar-refractivity contribution in [2.24, 2.45) is 5.41 Å². The third-order valence-electron chi connectivity index (χ3n) is 4.91. The van der Waals surface area contributed by atoms with Crippen LogP contribution in [0.25, 0.3) is 5.57 Å². The molecule has 1 fully saturated rings. The van der Waals surface area contributed by atoms with Gasteiger partial charge in [0.05, 0.1) is 14.2 Å². The van der Waals surface area contributed by atoms with Crippen LogP contribution in [0, 0.1) is 5.41 Å². The molecular weight excluding hydrogens is 280 g/mol. The number of hydrogen-bond acceptors (Lipinski definition) is 4. The van der Waals surface area contributed by atoms with Gasteiger partial charge in [0, 0.05) is 0 Å². The average Bonchev–Trinajstić information content (AvgIpc) is 3.17. The minimum absolute atomic E-state index is 0.466. The normalized spacial score (nSPS) is 22.3. The average molecular weight is 300 g/mol. The van der Waals surface area contributed by atoms with Crippen LogP contribution in [0.1, 0.15) is 36.8 Å². The molecule has 0 amide bonds. The fraction of sp³-hybridized carbons (Fsp3) is 0.444. The Kier molecular flexibility index (Phi) is 3.77. The largest absolute Gasteiger partial charge is 0.468 e. The molecule has 3 rings (SSSR count). The summed E-state index contributed by atoms with van der Waals surface area (Å²) in [5.41, 5.74) is 3.22. The molecule has 0 unspecified atom stereocenters. The van der Waals surface area contributed by atoms with Gasteiger partial charge in [0.25, 0.3) is 0 Å².